The van der Waals surface area contributed by atoms with Crippen LogP contribution < -0.4 is 5.32 Å². The largest absolute Gasteiger partial charge is 0.322 e. The predicted octanol–water partition coefficient (Wildman–Crippen LogP) is 6.22. The molecular formula is C24H21F3N2OS. The number of hydrogen-bond acceptors (Lipinski definition) is 2. The van der Waals surface area contributed by atoms with E-state index in [0.717, 1.165) is 54.3 Å². The van der Waals surface area contributed by atoms with Crippen molar-refractivity contribution in [1.82, 2.24) is 4.90 Å². The summed E-state index contributed by atoms with van der Waals surface area (Å²) in [6.07, 6.45) is 5.15. The van der Waals surface area contributed by atoms with Crippen LogP contribution in [0.1, 0.15) is 45.3 Å². The number of nitrogens with zero attached hydrogens (tertiary/aromatic N) is 1. The number of aryl methyl sites for hydroxylation is 1. The molecular weight excluding hydrogens is 421 g/mol. The van der Waals surface area contributed by atoms with Crippen LogP contribution in [0.2, 0.25) is 0 Å². The molecule has 0 radical (unpaired) electrons. The van der Waals surface area contributed by atoms with E-state index in [1.165, 1.54) is 34.6 Å². The van der Waals surface area contributed by atoms with E-state index in [-0.39, 0.29) is 11.5 Å². The van der Waals surface area contributed by atoms with Gasteiger partial charge in [0.25, 0.3) is 0 Å². The molecule has 5 rings (SSSR count). The van der Waals surface area contributed by atoms with Gasteiger partial charge in [0.1, 0.15) is 17.5 Å². The Labute approximate surface area is 182 Å². The zero-order chi connectivity index (χ0) is 21.5. The van der Waals surface area contributed by atoms with Crippen molar-refractivity contribution >= 4 is 23.1 Å². The number of carbonyl (C=O) groups excluding carboxylic acids is 1. The molecule has 2 aliphatic rings. The van der Waals surface area contributed by atoms with E-state index in [1.807, 2.05) is 0 Å². The molecule has 2 aromatic carbocycles. The topological polar surface area (TPSA) is 32.3 Å². The highest BCUT2D eigenvalue weighted by Crippen LogP contribution is 2.45. The third-order valence-corrected chi connectivity index (χ3v) is 7.48. The highest BCUT2D eigenvalue weighted by molar-refractivity contribution is 7.12. The fraction of sp³-hybridized carbons (Fsp3) is 0.292. The molecule has 1 aliphatic heterocycles. The smallest absolute Gasteiger partial charge is 0.312 e. The minimum atomic E-state index is -0.697. The van der Waals surface area contributed by atoms with Gasteiger partial charge in [-0.2, -0.15) is 0 Å². The maximum absolute atomic E-state index is 14.1. The number of benzene rings is 2. The first-order valence-electron chi connectivity index (χ1n) is 10.4. The lowest BCUT2D eigenvalue weighted by Gasteiger charge is -2.36. The predicted molar refractivity (Wildman–Crippen MR) is 115 cm³/mol. The van der Waals surface area contributed by atoms with Crippen molar-refractivity contribution in [3.8, 4) is 0 Å². The molecule has 31 heavy (non-hydrogen) atoms. The van der Waals surface area contributed by atoms with Crippen molar-refractivity contribution in [3.63, 3.8) is 0 Å². The number of urea groups is 1. The first-order chi connectivity index (χ1) is 15.0. The summed E-state index contributed by atoms with van der Waals surface area (Å²) in [4.78, 5) is 17.3. The van der Waals surface area contributed by atoms with Crippen molar-refractivity contribution in [2.24, 2.45) is 0 Å². The van der Waals surface area contributed by atoms with Gasteiger partial charge in [0.15, 0.2) is 0 Å². The summed E-state index contributed by atoms with van der Waals surface area (Å²) in [5.41, 5.74) is 3.32. The fourth-order valence-corrected chi connectivity index (χ4v) is 6.21. The summed E-state index contributed by atoms with van der Waals surface area (Å²) >= 11 is 1.73. The molecule has 0 saturated carbocycles. The van der Waals surface area contributed by atoms with Crippen LogP contribution in [0.3, 0.4) is 0 Å². The molecule has 0 spiro atoms. The zero-order valence-electron chi connectivity index (χ0n) is 16.8. The Morgan fingerprint density at radius 3 is 2.48 bits per heavy atom. The summed E-state index contributed by atoms with van der Waals surface area (Å²) in [6.45, 7) is 0.445. The number of carbonyl (C=O) groups is 1. The van der Waals surface area contributed by atoms with Gasteiger partial charge in [-0.3, -0.25) is 0 Å². The molecule has 7 heteroatoms. The Kier molecular flexibility index (Phi) is 5.22. The molecule has 0 bridgehead atoms. The van der Waals surface area contributed by atoms with Crippen molar-refractivity contribution in [2.45, 2.75) is 38.1 Å². The van der Waals surface area contributed by atoms with E-state index in [4.69, 9.17) is 0 Å². The van der Waals surface area contributed by atoms with Gasteiger partial charge in [-0.25, -0.2) is 18.0 Å². The first kappa shape index (κ1) is 20.1. The second-order valence-electron chi connectivity index (χ2n) is 8.01. The molecule has 1 aliphatic carbocycles. The Bertz CT molecular complexity index is 1140. The third-order valence-electron chi connectivity index (χ3n) is 6.09. The monoisotopic (exact) mass is 442 g/mol. The Morgan fingerprint density at radius 1 is 0.935 bits per heavy atom. The van der Waals surface area contributed by atoms with Crippen LogP contribution in [0.15, 0.2) is 42.5 Å². The van der Waals surface area contributed by atoms with Crippen LogP contribution in [0.25, 0.3) is 0 Å². The quantitative estimate of drug-likeness (QED) is 0.502. The summed E-state index contributed by atoms with van der Waals surface area (Å²) < 4.78 is 41.3. The van der Waals surface area contributed by atoms with Crippen molar-refractivity contribution in [1.29, 1.82) is 0 Å². The molecule has 160 valence electrons. The lowest BCUT2D eigenvalue weighted by atomic mass is 9.88. The van der Waals surface area contributed by atoms with Gasteiger partial charge in [-0.15, -0.1) is 11.3 Å². The molecule has 3 aromatic rings. The fourth-order valence-electron chi connectivity index (χ4n) is 4.63. The Morgan fingerprint density at radius 2 is 1.68 bits per heavy atom. The number of halogens is 3. The highest BCUT2D eigenvalue weighted by atomic mass is 32.1. The number of anilines is 1. The normalized spacial score (nSPS) is 17.8. The van der Waals surface area contributed by atoms with E-state index < -0.39 is 23.7 Å². The average molecular weight is 443 g/mol. The van der Waals surface area contributed by atoms with Crippen molar-refractivity contribution < 1.29 is 18.0 Å². The van der Waals surface area contributed by atoms with E-state index in [1.54, 1.807) is 28.4 Å². The maximum Gasteiger partial charge on any atom is 0.322 e. The standard InChI is InChI=1S/C24H21F3N2OS/c25-15-7-5-14(6-8-15)22-23-18(17-3-1-2-4-21(17)31-23)11-12-29(22)24(30)28-20-13-16(26)9-10-19(20)27/h5-10,13,22H,1-4,11-12H2,(H,28,30)/t22-/m0/s1. The lowest BCUT2D eigenvalue weighted by molar-refractivity contribution is 0.195. The summed E-state index contributed by atoms with van der Waals surface area (Å²) in [5.74, 6) is -1.67. The van der Waals surface area contributed by atoms with Crippen LogP contribution in [0.5, 0.6) is 0 Å². The lowest BCUT2D eigenvalue weighted by Crippen LogP contribution is -2.42. The second kappa shape index (κ2) is 8.04. The Hall–Kier alpha value is -2.80. The highest BCUT2D eigenvalue weighted by Gasteiger charge is 2.36. The SMILES string of the molecule is O=C(Nc1cc(F)ccc1F)N1CCc2c(sc3c2CCCC3)[C@@H]1c1ccc(F)cc1. The maximum atomic E-state index is 14.1. The minimum absolute atomic E-state index is 0.195. The molecule has 0 saturated heterocycles. The number of rotatable bonds is 2. The third kappa shape index (κ3) is 3.71. The number of amides is 2. The minimum Gasteiger partial charge on any atom is -0.312 e. The molecule has 0 unspecified atom stereocenters. The van der Waals surface area contributed by atoms with Crippen LogP contribution >= 0.6 is 11.3 Å². The molecule has 2 heterocycles. The van der Waals surface area contributed by atoms with Crippen LogP contribution in [0, 0.1) is 17.5 Å². The van der Waals surface area contributed by atoms with E-state index >= 15 is 0 Å². The van der Waals surface area contributed by atoms with Gasteiger partial charge in [0, 0.05) is 22.4 Å². The second-order valence-corrected chi connectivity index (χ2v) is 9.14. The molecule has 0 fully saturated rings. The molecule has 3 nitrogen and oxygen atoms in total. The zero-order valence-corrected chi connectivity index (χ0v) is 17.6. The molecule has 1 aromatic heterocycles. The number of fused-ring (bicyclic) bond motifs is 3. The van der Waals surface area contributed by atoms with Crippen molar-refractivity contribution in [3.05, 3.63) is 86.4 Å². The first-order valence-corrected chi connectivity index (χ1v) is 11.2. The summed E-state index contributed by atoms with van der Waals surface area (Å²) in [6, 6.07) is 8.23. The Balaban J connectivity index is 1.54. The average Bonchev–Trinajstić information content (AvgIpc) is 3.15. The number of thiophene rings is 1. The van der Waals surface area contributed by atoms with Gasteiger partial charge >= 0.3 is 6.03 Å². The molecule has 1 atom stereocenters. The van der Waals surface area contributed by atoms with Crippen LogP contribution in [-0.4, -0.2) is 17.5 Å². The number of nitrogens with one attached hydrogen (secondary N) is 1. The summed E-state index contributed by atoms with van der Waals surface area (Å²) in [5, 5.41) is 2.53. The van der Waals surface area contributed by atoms with E-state index in [0.29, 0.717) is 6.54 Å². The summed E-state index contributed by atoms with van der Waals surface area (Å²) in [7, 11) is 0. The van der Waals surface area contributed by atoms with Crippen LogP contribution in [-0.2, 0) is 19.3 Å². The van der Waals surface area contributed by atoms with Crippen LogP contribution in [0.4, 0.5) is 23.7 Å². The number of hydrogen-bond donors (Lipinski definition) is 1. The van der Waals surface area contributed by atoms with E-state index in [9.17, 15) is 18.0 Å². The molecule has 1 N–H and O–H groups in total. The molecule has 2 amide bonds. The van der Waals surface area contributed by atoms with Gasteiger partial charge in [-0.1, -0.05) is 12.1 Å². The van der Waals surface area contributed by atoms with Gasteiger partial charge in [0.05, 0.1) is 11.7 Å². The van der Waals surface area contributed by atoms with Gasteiger partial charge in [-0.05, 0) is 73.1 Å². The van der Waals surface area contributed by atoms with Crippen molar-refractivity contribution in [2.75, 3.05) is 11.9 Å². The van der Waals surface area contributed by atoms with Gasteiger partial charge < -0.3 is 10.2 Å². The van der Waals surface area contributed by atoms with Gasteiger partial charge in [0.2, 0.25) is 0 Å². The van der Waals surface area contributed by atoms with E-state index in [2.05, 4.69) is 5.32 Å².